The minimum absolute atomic E-state index is 0.0707. The third-order valence-electron chi connectivity index (χ3n) is 10.6. The van der Waals surface area contributed by atoms with Gasteiger partial charge in [0.2, 0.25) is 0 Å². The van der Waals surface area contributed by atoms with Crippen LogP contribution in [0.15, 0.2) is 90.4 Å². The maximum atomic E-state index is 14.9. The Hall–Kier alpha value is -4.84. The average Bonchev–Trinajstić information content (AvgIpc) is 3.30. The van der Waals surface area contributed by atoms with Crippen LogP contribution >= 0.6 is 0 Å². The Kier molecular flexibility index (Phi) is 8.47. The van der Waals surface area contributed by atoms with Crippen molar-refractivity contribution in [3.05, 3.63) is 107 Å². The van der Waals surface area contributed by atoms with Gasteiger partial charge in [-0.3, -0.25) is 24.5 Å². The second kappa shape index (κ2) is 12.5. The fourth-order valence-electron chi connectivity index (χ4n) is 8.11. The van der Waals surface area contributed by atoms with Crippen LogP contribution in [0.5, 0.6) is 0 Å². The summed E-state index contributed by atoms with van der Waals surface area (Å²) in [6, 6.07) is 16.4. The van der Waals surface area contributed by atoms with Gasteiger partial charge >= 0.3 is 0 Å². The zero-order valence-electron chi connectivity index (χ0n) is 26.8. The quantitative estimate of drug-likeness (QED) is 0.141. The molecular formula is C37H40N6O3. The van der Waals surface area contributed by atoms with E-state index in [0.717, 1.165) is 29.7 Å². The summed E-state index contributed by atoms with van der Waals surface area (Å²) in [5.41, 5.74) is 2.95. The molecule has 236 valence electrons. The van der Waals surface area contributed by atoms with Crippen molar-refractivity contribution in [1.29, 1.82) is 5.26 Å². The van der Waals surface area contributed by atoms with E-state index >= 15 is 0 Å². The standard InChI is InChI=1S/C37H40N6O3/c1-24(42-46-4)34-29(17-30-18-31(34)36(30,2)3)23-43-33(19-32(44)28-7-5-27(22-38)6-8-28)41-37(35(43)45,20-25-9-13-39-14-10-25)21-26-11-15-40-16-12-26/h5-16,19,29-31,34,41H,17-18,20-21,23H2,1-4H3/b33-19+,42-24+. The van der Waals surface area contributed by atoms with E-state index in [-0.39, 0.29) is 28.9 Å². The first kappa shape index (κ1) is 31.2. The molecule has 4 fully saturated rings. The number of hydrogen-bond donors (Lipinski definition) is 1. The van der Waals surface area contributed by atoms with Crippen molar-refractivity contribution in [2.75, 3.05) is 13.7 Å². The summed E-state index contributed by atoms with van der Waals surface area (Å²) in [7, 11) is 1.58. The molecule has 3 aromatic rings. The zero-order chi connectivity index (χ0) is 32.5. The third kappa shape index (κ3) is 5.80. The summed E-state index contributed by atoms with van der Waals surface area (Å²) in [6.45, 7) is 7.17. The molecule has 4 atom stereocenters. The molecule has 4 unspecified atom stereocenters. The lowest BCUT2D eigenvalue weighted by Gasteiger charge is -2.62. The number of aromatic nitrogens is 2. The number of benzene rings is 1. The van der Waals surface area contributed by atoms with E-state index in [0.29, 0.717) is 48.2 Å². The number of rotatable bonds is 10. The first-order valence-corrected chi connectivity index (χ1v) is 15.9. The number of allylic oxidation sites excluding steroid dienone is 1. The number of nitrogens with zero attached hydrogens (tertiary/aromatic N) is 5. The predicted octanol–water partition coefficient (Wildman–Crippen LogP) is 5.35. The number of nitriles is 1. The Morgan fingerprint density at radius 1 is 1.04 bits per heavy atom. The molecule has 3 heterocycles. The van der Waals surface area contributed by atoms with Crippen LogP contribution in [-0.4, -0.2) is 51.5 Å². The molecule has 9 nitrogen and oxygen atoms in total. The minimum atomic E-state index is -1.04. The van der Waals surface area contributed by atoms with Gasteiger partial charge in [-0.05, 0) is 103 Å². The first-order chi connectivity index (χ1) is 22.1. The predicted molar refractivity (Wildman–Crippen MR) is 174 cm³/mol. The van der Waals surface area contributed by atoms with Gasteiger partial charge in [0.1, 0.15) is 18.5 Å². The van der Waals surface area contributed by atoms with Crippen molar-refractivity contribution in [1.82, 2.24) is 20.2 Å². The Balaban J connectivity index is 1.41. The summed E-state index contributed by atoms with van der Waals surface area (Å²) in [4.78, 5) is 44.0. The van der Waals surface area contributed by atoms with Gasteiger partial charge in [0.15, 0.2) is 5.78 Å². The highest BCUT2D eigenvalue weighted by Crippen LogP contribution is 2.63. The lowest BCUT2D eigenvalue weighted by atomic mass is 9.42. The molecule has 1 aromatic carbocycles. The number of oxime groups is 1. The van der Waals surface area contributed by atoms with Crippen LogP contribution in [0.25, 0.3) is 0 Å². The van der Waals surface area contributed by atoms with E-state index in [4.69, 9.17) is 4.84 Å². The largest absolute Gasteiger partial charge is 0.399 e. The van der Waals surface area contributed by atoms with Gasteiger partial charge in [-0.25, -0.2) is 0 Å². The third-order valence-corrected chi connectivity index (χ3v) is 10.6. The lowest BCUT2D eigenvalue weighted by Crippen LogP contribution is -2.59. The van der Waals surface area contributed by atoms with Crippen LogP contribution in [0.4, 0.5) is 0 Å². The molecular weight excluding hydrogens is 576 g/mol. The molecule has 1 aliphatic heterocycles. The monoisotopic (exact) mass is 616 g/mol. The minimum Gasteiger partial charge on any atom is -0.399 e. The van der Waals surface area contributed by atoms with Gasteiger partial charge in [0, 0.05) is 61.7 Å². The zero-order valence-corrected chi connectivity index (χ0v) is 26.8. The fraction of sp³-hybridized carbons (Fsp3) is 0.405. The van der Waals surface area contributed by atoms with E-state index in [2.05, 4.69) is 40.4 Å². The number of hydrogen-bond acceptors (Lipinski definition) is 8. The van der Waals surface area contributed by atoms with Crippen LogP contribution in [-0.2, 0) is 22.5 Å². The molecule has 7 rings (SSSR count). The van der Waals surface area contributed by atoms with E-state index in [1.807, 2.05) is 31.2 Å². The van der Waals surface area contributed by atoms with Crippen molar-refractivity contribution in [3.8, 4) is 6.07 Å². The molecule has 46 heavy (non-hydrogen) atoms. The van der Waals surface area contributed by atoms with Crippen LogP contribution in [0.2, 0.25) is 0 Å². The fourth-order valence-corrected chi connectivity index (χ4v) is 8.11. The van der Waals surface area contributed by atoms with Crippen molar-refractivity contribution in [2.45, 2.75) is 52.0 Å². The smallest absolute Gasteiger partial charge is 0.254 e. The lowest BCUT2D eigenvalue weighted by molar-refractivity contribution is -0.137. The Bertz CT molecular complexity index is 1650. The van der Waals surface area contributed by atoms with Gasteiger partial charge in [-0.15, -0.1) is 0 Å². The number of carbonyl (C=O) groups is 2. The topological polar surface area (TPSA) is 121 Å². The number of pyridine rings is 2. The number of amides is 1. The van der Waals surface area contributed by atoms with Crippen molar-refractivity contribution >= 4 is 17.4 Å². The molecule has 9 heteroatoms. The summed E-state index contributed by atoms with van der Waals surface area (Å²) < 4.78 is 0. The normalized spacial score (nSPS) is 25.4. The summed E-state index contributed by atoms with van der Waals surface area (Å²) >= 11 is 0. The van der Waals surface area contributed by atoms with Gasteiger partial charge in [0.05, 0.1) is 17.3 Å². The SMILES string of the molecule is CO/N=C(\C)C1C(CN2C(=O)C(Cc3ccncc3)(Cc3ccncc3)N/C2=C\C(=O)c2ccc(C#N)cc2)CC2CC1C2(C)C. The molecule has 1 amide bonds. The summed E-state index contributed by atoms with van der Waals surface area (Å²) in [6.07, 6.45) is 11.4. The first-order valence-electron chi connectivity index (χ1n) is 15.9. The Morgan fingerprint density at radius 2 is 1.65 bits per heavy atom. The second-order valence-corrected chi connectivity index (χ2v) is 13.6. The van der Waals surface area contributed by atoms with E-state index in [1.54, 1.807) is 67.1 Å². The summed E-state index contributed by atoms with van der Waals surface area (Å²) in [5, 5.41) is 17.2. The molecule has 3 aliphatic carbocycles. The molecule has 0 radical (unpaired) electrons. The maximum Gasteiger partial charge on any atom is 0.254 e. The maximum absolute atomic E-state index is 14.9. The molecule has 4 aliphatic rings. The van der Waals surface area contributed by atoms with E-state index in [9.17, 15) is 14.9 Å². The van der Waals surface area contributed by atoms with Gasteiger partial charge in [-0.1, -0.05) is 19.0 Å². The Morgan fingerprint density at radius 3 is 2.20 bits per heavy atom. The summed E-state index contributed by atoms with van der Waals surface area (Å²) in [5.74, 6) is 1.47. The highest BCUT2D eigenvalue weighted by Gasteiger charge is 2.59. The van der Waals surface area contributed by atoms with E-state index < -0.39 is 5.54 Å². The van der Waals surface area contributed by atoms with Crippen LogP contribution in [0.3, 0.4) is 0 Å². The van der Waals surface area contributed by atoms with Crippen LogP contribution < -0.4 is 5.32 Å². The highest BCUT2D eigenvalue weighted by molar-refractivity contribution is 6.06. The number of carbonyl (C=O) groups excluding carboxylic acids is 2. The van der Waals surface area contributed by atoms with Crippen molar-refractivity contribution in [2.24, 2.45) is 34.2 Å². The molecule has 1 saturated heterocycles. The number of ketones is 1. The van der Waals surface area contributed by atoms with E-state index in [1.165, 1.54) is 0 Å². The number of nitrogens with one attached hydrogen (secondary N) is 1. The molecule has 3 saturated carbocycles. The van der Waals surface area contributed by atoms with Crippen molar-refractivity contribution in [3.63, 3.8) is 0 Å². The molecule has 2 aromatic heterocycles. The average molecular weight is 617 g/mol. The van der Waals surface area contributed by atoms with Crippen LogP contribution in [0, 0.1) is 40.4 Å². The van der Waals surface area contributed by atoms with Crippen LogP contribution in [0.1, 0.15) is 60.7 Å². The van der Waals surface area contributed by atoms with Crippen molar-refractivity contribution < 1.29 is 14.4 Å². The second-order valence-electron chi connectivity index (χ2n) is 13.6. The molecule has 0 spiro atoms. The highest BCUT2D eigenvalue weighted by atomic mass is 16.6. The Labute approximate surface area is 270 Å². The molecule has 1 N–H and O–H groups in total. The number of fused-ring (bicyclic) bond motifs is 2. The van der Waals surface area contributed by atoms with Gasteiger partial charge < -0.3 is 10.2 Å². The van der Waals surface area contributed by atoms with Gasteiger partial charge in [0.25, 0.3) is 5.91 Å². The molecule has 2 bridgehead atoms. The van der Waals surface area contributed by atoms with Gasteiger partial charge in [-0.2, -0.15) is 5.26 Å².